The molecule has 0 spiro atoms. The summed E-state index contributed by atoms with van der Waals surface area (Å²) in [5.74, 6) is 0.534. The van der Waals surface area contributed by atoms with Gasteiger partial charge in [0.25, 0.3) is 5.91 Å². The van der Waals surface area contributed by atoms with E-state index in [0.717, 1.165) is 20.6 Å². The average molecular weight is 459 g/mol. The molecule has 2 N–H and O–H groups in total. The van der Waals surface area contributed by atoms with E-state index in [9.17, 15) is 4.79 Å². The number of carbonyl (C=O) groups is 1. The van der Waals surface area contributed by atoms with Gasteiger partial charge in [-0.3, -0.25) is 4.79 Å². The van der Waals surface area contributed by atoms with Gasteiger partial charge in [0.1, 0.15) is 0 Å². The summed E-state index contributed by atoms with van der Waals surface area (Å²) in [5.41, 5.74) is 3.21. The summed E-state index contributed by atoms with van der Waals surface area (Å²) >= 11 is 2.16. The van der Waals surface area contributed by atoms with Gasteiger partial charge >= 0.3 is 0 Å². The van der Waals surface area contributed by atoms with E-state index in [4.69, 9.17) is 0 Å². The van der Waals surface area contributed by atoms with Crippen LogP contribution in [0.4, 0.5) is 22.9 Å². The smallest absolute Gasteiger partial charge is 0.256 e. The number of carbonyl (C=O) groups excluding carboxylic acids is 1. The zero-order chi connectivity index (χ0) is 18.5. The van der Waals surface area contributed by atoms with Crippen molar-refractivity contribution in [2.45, 2.75) is 0 Å². The molecule has 0 saturated heterocycles. The summed E-state index contributed by atoms with van der Waals surface area (Å²) in [7, 11) is 3.90. The molecule has 0 aliphatic carbocycles. The normalized spacial score (nSPS) is 10.3. The predicted molar refractivity (Wildman–Crippen MR) is 113 cm³/mol. The van der Waals surface area contributed by atoms with Crippen molar-refractivity contribution in [3.05, 3.63) is 69.9 Å². The second-order valence-corrected chi connectivity index (χ2v) is 6.99. The van der Waals surface area contributed by atoms with Gasteiger partial charge in [-0.25, -0.2) is 0 Å². The lowest BCUT2D eigenvalue weighted by molar-refractivity contribution is 0.102. The van der Waals surface area contributed by atoms with E-state index >= 15 is 0 Å². The van der Waals surface area contributed by atoms with Crippen LogP contribution in [0.15, 0.2) is 60.8 Å². The van der Waals surface area contributed by atoms with Crippen LogP contribution in [0.5, 0.6) is 0 Å². The van der Waals surface area contributed by atoms with Crippen LogP contribution >= 0.6 is 22.6 Å². The van der Waals surface area contributed by atoms with E-state index in [1.807, 2.05) is 73.6 Å². The predicted octanol–water partition coefficient (Wildman–Crippen LogP) is 4.14. The zero-order valence-corrected chi connectivity index (χ0v) is 16.6. The lowest BCUT2D eigenvalue weighted by atomic mass is 10.2. The fourth-order valence-corrected chi connectivity index (χ4v) is 2.92. The molecule has 132 valence electrons. The SMILES string of the molecule is CN(C)c1cnnc(Nc2ccc(NC(=O)c3ccccc3I)cc2)c1. The third kappa shape index (κ3) is 4.48. The molecule has 0 unspecified atom stereocenters. The van der Waals surface area contributed by atoms with Crippen LogP contribution in [0.2, 0.25) is 0 Å². The molecule has 3 aromatic rings. The Hall–Kier alpha value is -2.68. The Morgan fingerprint density at radius 1 is 1.04 bits per heavy atom. The topological polar surface area (TPSA) is 70.2 Å². The highest BCUT2D eigenvalue weighted by Crippen LogP contribution is 2.21. The Bertz CT molecular complexity index is 912. The highest BCUT2D eigenvalue weighted by atomic mass is 127. The molecule has 0 aliphatic heterocycles. The second-order valence-electron chi connectivity index (χ2n) is 5.83. The van der Waals surface area contributed by atoms with Gasteiger partial charge in [0.05, 0.1) is 17.4 Å². The van der Waals surface area contributed by atoms with Gasteiger partial charge in [-0.1, -0.05) is 12.1 Å². The lowest BCUT2D eigenvalue weighted by Gasteiger charge is -2.13. The van der Waals surface area contributed by atoms with Gasteiger partial charge in [-0.15, -0.1) is 5.10 Å². The number of aromatic nitrogens is 2. The van der Waals surface area contributed by atoms with Gasteiger partial charge in [0.2, 0.25) is 0 Å². The summed E-state index contributed by atoms with van der Waals surface area (Å²) in [6.45, 7) is 0. The van der Waals surface area contributed by atoms with Crippen molar-refractivity contribution in [2.24, 2.45) is 0 Å². The van der Waals surface area contributed by atoms with E-state index in [1.54, 1.807) is 6.20 Å². The monoisotopic (exact) mass is 459 g/mol. The first-order valence-electron chi connectivity index (χ1n) is 7.96. The molecule has 0 radical (unpaired) electrons. The van der Waals surface area contributed by atoms with Crippen molar-refractivity contribution in [1.29, 1.82) is 0 Å². The summed E-state index contributed by atoms with van der Waals surface area (Å²) in [4.78, 5) is 14.3. The van der Waals surface area contributed by atoms with E-state index in [2.05, 4.69) is 43.4 Å². The minimum absolute atomic E-state index is 0.125. The Morgan fingerprint density at radius 2 is 1.73 bits per heavy atom. The molecule has 0 aliphatic rings. The zero-order valence-electron chi connectivity index (χ0n) is 14.4. The fraction of sp³-hybridized carbons (Fsp3) is 0.105. The van der Waals surface area contributed by atoms with Crippen LogP contribution in [0.3, 0.4) is 0 Å². The molecule has 26 heavy (non-hydrogen) atoms. The summed E-state index contributed by atoms with van der Waals surface area (Å²) < 4.78 is 0.917. The number of halogens is 1. The standard InChI is InChI=1S/C19H18IN5O/c1-25(2)15-11-18(24-21-12-15)22-13-7-9-14(10-8-13)23-19(26)16-5-3-4-6-17(16)20/h3-12H,1-2H3,(H,22,24)(H,23,26). The Balaban J connectivity index is 1.68. The molecular weight excluding hydrogens is 441 g/mol. The molecule has 0 saturated carbocycles. The fourth-order valence-electron chi connectivity index (χ4n) is 2.29. The summed E-state index contributed by atoms with van der Waals surface area (Å²) in [5, 5.41) is 14.2. The van der Waals surface area contributed by atoms with E-state index in [1.165, 1.54) is 0 Å². The first-order valence-corrected chi connectivity index (χ1v) is 9.04. The highest BCUT2D eigenvalue weighted by molar-refractivity contribution is 14.1. The summed E-state index contributed by atoms with van der Waals surface area (Å²) in [6, 6.07) is 16.9. The van der Waals surface area contributed by atoms with Crippen LogP contribution in [-0.2, 0) is 0 Å². The molecule has 0 bridgehead atoms. The Morgan fingerprint density at radius 3 is 2.42 bits per heavy atom. The summed E-state index contributed by atoms with van der Waals surface area (Å²) in [6.07, 6.45) is 1.70. The third-order valence-corrected chi connectivity index (χ3v) is 4.63. The molecule has 1 amide bonds. The molecular formula is C19H18IN5O. The minimum Gasteiger partial charge on any atom is -0.376 e. The molecule has 3 rings (SSSR count). The van der Waals surface area contributed by atoms with Crippen molar-refractivity contribution in [2.75, 3.05) is 29.6 Å². The number of nitrogens with zero attached hydrogens (tertiary/aromatic N) is 3. The largest absolute Gasteiger partial charge is 0.376 e. The molecule has 1 heterocycles. The van der Waals surface area contributed by atoms with E-state index in [-0.39, 0.29) is 5.91 Å². The number of anilines is 4. The third-order valence-electron chi connectivity index (χ3n) is 3.69. The van der Waals surface area contributed by atoms with Gasteiger partial charge < -0.3 is 15.5 Å². The van der Waals surface area contributed by atoms with Crippen LogP contribution in [0.25, 0.3) is 0 Å². The Labute approximate surface area is 165 Å². The molecule has 0 atom stereocenters. The van der Waals surface area contributed by atoms with E-state index in [0.29, 0.717) is 11.4 Å². The van der Waals surface area contributed by atoms with E-state index < -0.39 is 0 Å². The molecule has 7 heteroatoms. The number of hydrogen-bond donors (Lipinski definition) is 2. The van der Waals surface area contributed by atoms with Gasteiger partial charge in [0, 0.05) is 35.1 Å². The highest BCUT2D eigenvalue weighted by Gasteiger charge is 2.09. The van der Waals surface area contributed by atoms with Crippen molar-refractivity contribution in [1.82, 2.24) is 10.2 Å². The number of rotatable bonds is 5. The maximum atomic E-state index is 12.4. The van der Waals surface area contributed by atoms with Crippen molar-refractivity contribution in [3.63, 3.8) is 0 Å². The maximum Gasteiger partial charge on any atom is 0.256 e. The number of nitrogens with one attached hydrogen (secondary N) is 2. The maximum absolute atomic E-state index is 12.4. The Kier molecular flexibility index (Phi) is 5.67. The first-order chi connectivity index (χ1) is 12.5. The van der Waals surface area contributed by atoms with Crippen LogP contribution in [0.1, 0.15) is 10.4 Å². The number of amides is 1. The second kappa shape index (κ2) is 8.13. The van der Waals surface area contributed by atoms with Crippen molar-refractivity contribution < 1.29 is 4.79 Å². The van der Waals surface area contributed by atoms with Gasteiger partial charge in [-0.2, -0.15) is 5.10 Å². The minimum atomic E-state index is -0.125. The lowest BCUT2D eigenvalue weighted by Crippen LogP contribution is -2.13. The average Bonchev–Trinajstić information content (AvgIpc) is 2.64. The van der Waals surface area contributed by atoms with Crippen molar-refractivity contribution >= 4 is 51.4 Å². The van der Waals surface area contributed by atoms with Crippen LogP contribution in [0, 0.1) is 3.57 Å². The van der Waals surface area contributed by atoms with Gasteiger partial charge in [-0.05, 0) is 59.0 Å². The molecule has 0 fully saturated rings. The molecule has 1 aromatic heterocycles. The van der Waals surface area contributed by atoms with Crippen LogP contribution < -0.4 is 15.5 Å². The van der Waals surface area contributed by atoms with Crippen molar-refractivity contribution in [3.8, 4) is 0 Å². The van der Waals surface area contributed by atoms with Gasteiger partial charge in [0.15, 0.2) is 5.82 Å². The number of hydrogen-bond acceptors (Lipinski definition) is 5. The quantitative estimate of drug-likeness (QED) is 0.562. The molecule has 2 aromatic carbocycles. The van der Waals surface area contributed by atoms with Crippen LogP contribution in [-0.4, -0.2) is 30.2 Å². The molecule has 6 nitrogen and oxygen atoms in total. The number of benzene rings is 2. The first kappa shape index (κ1) is 18.1.